The van der Waals surface area contributed by atoms with Gasteiger partial charge < -0.3 is 26.4 Å². The van der Waals surface area contributed by atoms with Crippen LogP contribution in [0.1, 0.15) is 20.7 Å². The number of aromatic hydroxyl groups is 2. The number of amides is 1. The molecule has 0 bridgehead atoms. The average Bonchev–Trinajstić information content (AvgIpc) is 2.43. The van der Waals surface area contributed by atoms with E-state index in [1.54, 1.807) is 0 Å². The summed E-state index contributed by atoms with van der Waals surface area (Å²) in [6, 6.07) is 7.36. The first-order chi connectivity index (χ1) is 9.88. The maximum Gasteiger partial charge on any atom is 0.335 e. The topological polar surface area (TPSA) is 133 Å². The van der Waals surface area contributed by atoms with Crippen molar-refractivity contribution in [2.45, 2.75) is 0 Å². The fraction of sp³-hybridized carbons (Fsp3) is 0. The second-order valence-corrected chi connectivity index (χ2v) is 4.26. The summed E-state index contributed by atoms with van der Waals surface area (Å²) in [7, 11) is 0. The van der Waals surface area contributed by atoms with Crippen LogP contribution in [0.4, 0.5) is 11.4 Å². The molecule has 0 unspecified atom stereocenters. The number of carboxylic acids is 1. The quantitative estimate of drug-likeness (QED) is 0.430. The molecule has 108 valence electrons. The number of nitrogens with two attached hydrogens (primary N) is 1. The second kappa shape index (κ2) is 5.41. The van der Waals surface area contributed by atoms with Gasteiger partial charge in [0, 0.05) is 0 Å². The van der Waals surface area contributed by atoms with E-state index in [-0.39, 0.29) is 34.0 Å². The third-order valence-corrected chi connectivity index (χ3v) is 2.77. The van der Waals surface area contributed by atoms with Gasteiger partial charge in [-0.05, 0) is 36.4 Å². The first kappa shape index (κ1) is 14.2. The Morgan fingerprint density at radius 2 is 1.76 bits per heavy atom. The fourth-order valence-corrected chi connectivity index (χ4v) is 1.71. The van der Waals surface area contributed by atoms with Gasteiger partial charge >= 0.3 is 5.97 Å². The predicted molar refractivity (Wildman–Crippen MR) is 75.5 cm³/mol. The molecular weight excluding hydrogens is 276 g/mol. The Hall–Kier alpha value is -3.22. The molecule has 0 aliphatic rings. The summed E-state index contributed by atoms with van der Waals surface area (Å²) >= 11 is 0. The number of carbonyl (C=O) groups is 2. The molecule has 0 aliphatic heterocycles. The highest BCUT2D eigenvalue weighted by molar-refractivity contribution is 6.08. The normalized spacial score (nSPS) is 10.1. The van der Waals surface area contributed by atoms with E-state index in [0.29, 0.717) is 0 Å². The molecule has 0 radical (unpaired) electrons. The van der Waals surface area contributed by atoms with E-state index in [9.17, 15) is 19.8 Å². The van der Waals surface area contributed by atoms with Crippen LogP contribution < -0.4 is 11.1 Å². The van der Waals surface area contributed by atoms with Crippen LogP contribution >= 0.6 is 0 Å². The van der Waals surface area contributed by atoms with Crippen molar-refractivity contribution in [3.8, 4) is 11.5 Å². The Balaban J connectivity index is 2.27. The van der Waals surface area contributed by atoms with Crippen LogP contribution in [0, 0.1) is 0 Å². The van der Waals surface area contributed by atoms with Gasteiger partial charge in [0.2, 0.25) is 0 Å². The lowest BCUT2D eigenvalue weighted by Crippen LogP contribution is -2.13. The minimum Gasteiger partial charge on any atom is -0.508 e. The van der Waals surface area contributed by atoms with Crippen molar-refractivity contribution in [2.24, 2.45) is 0 Å². The minimum atomic E-state index is -1.13. The van der Waals surface area contributed by atoms with Gasteiger partial charge in [0.15, 0.2) is 0 Å². The molecule has 6 N–H and O–H groups in total. The van der Waals surface area contributed by atoms with E-state index in [2.05, 4.69) is 5.32 Å². The number of benzene rings is 2. The van der Waals surface area contributed by atoms with Crippen molar-refractivity contribution in [3.63, 3.8) is 0 Å². The standard InChI is InChI=1S/C14H12N2O5/c15-10-5-7(14(20)21)1-3-11(10)16-13(19)9-6-8(17)2-4-12(9)18/h1-6,17-18H,15H2,(H,16,19)(H,20,21). The monoisotopic (exact) mass is 288 g/mol. The summed E-state index contributed by atoms with van der Waals surface area (Å²) in [4.78, 5) is 22.8. The number of hydrogen-bond acceptors (Lipinski definition) is 5. The van der Waals surface area contributed by atoms with Crippen molar-refractivity contribution in [1.29, 1.82) is 0 Å². The smallest absolute Gasteiger partial charge is 0.335 e. The number of nitrogens with one attached hydrogen (secondary N) is 1. The van der Waals surface area contributed by atoms with Crippen LogP contribution in [0.2, 0.25) is 0 Å². The SMILES string of the molecule is Nc1cc(C(=O)O)ccc1NC(=O)c1cc(O)ccc1O. The summed E-state index contributed by atoms with van der Waals surface area (Å²) in [5, 5.41) is 30.2. The largest absolute Gasteiger partial charge is 0.508 e. The highest BCUT2D eigenvalue weighted by Crippen LogP contribution is 2.25. The summed E-state index contributed by atoms with van der Waals surface area (Å²) in [5.74, 6) is -2.29. The third kappa shape index (κ3) is 3.03. The van der Waals surface area contributed by atoms with Gasteiger partial charge in [-0.3, -0.25) is 4.79 Å². The number of rotatable bonds is 3. The summed E-state index contributed by atoms with van der Waals surface area (Å²) in [6.45, 7) is 0. The lowest BCUT2D eigenvalue weighted by atomic mass is 10.1. The molecule has 2 aromatic rings. The number of nitrogen functional groups attached to an aromatic ring is 1. The summed E-state index contributed by atoms with van der Waals surface area (Å²) in [6.07, 6.45) is 0. The van der Waals surface area contributed by atoms with Crippen LogP contribution in [0.3, 0.4) is 0 Å². The zero-order chi connectivity index (χ0) is 15.6. The van der Waals surface area contributed by atoms with Crippen molar-refractivity contribution in [2.75, 3.05) is 11.1 Å². The van der Waals surface area contributed by atoms with Crippen molar-refractivity contribution in [1.82, 2.24) is 0 Å². The molecule has 7 heteroatoms. The Morgan fingerprint density at radius 1 is 1.05 bits per heavy atom. The van der Waals surface area contributed by atoms with Crippen molar-refractivity contribution in [3.05, 3.63) is 47.5 Å². The summed E-state index contributed by atoms with van der Waals surface area (Å²) in [5.41, 5.74) is 5.80. The molecule has 0 fully saturated rings. The zero-order valence-electron chi connectivity index (χ0n) is 10.7. The molecular formula is C14H12N2O5. The average molecular weight is 288 g/mol. The Morgan fingerprint density at radius 3 is 2.38 bits per heavy atom. The number of anilines is 2. The molecule has 2 aromatic carbocycles. The molecule has 21 heavy (non-hydrogen) atoms. The number of aromatic carboxylic acids is 1. The Labute approximate surface area is 119 Å². The van der Waals surface area contributed by atoms with E-state index in [1.807, 2.05) is 0 Å². The van der Waals surface area contributed by atoms with Gasteiger partial charge in [-0.25, -0.2) is 4.79 Å². The first-order valence-electron chi connectivity index (χ1n) is 5.84. The highest BCUT2D eigenvalue weighted by Gasteiger charge is 2.14. The van der Waals surface area contributed by atoms with Gasteiger partial charge in [-0.15, -0.1) is 0 Å². The molecule has 0 aromatic heterocycles. The van der Waals surface area contributed by atoms with Gasteiger partial charge in [-0.2, -0.15) is 0 Å². The molecule has 7 nitrogen and oxygen atoms in total. The van der Waals surface area contributed by atoms with Gasteiger partial charge in [0.1, 0.15) is 11.5 Å². The van der Waals surface area contributed by atoms with E-state index < -0.39 is 11.9 Å². The van der Waals surface area contributed by atoms with E-state index >= 15 is 0 Å². The Bertz CT molecular complexity index is 727. The summed E-state index contributed by atoms with van der Waals surface area (Å²) < 4.78 is 0. The van der Waals surface area contributed by atoms with Crippen LogP contribution in [0.15, 0.2) is 36.4 Å². The van der Waals surface area contributed by atoms with Crippen LogP contribution in [0.25, 0.3) is 0 Å². The van der Waals surface area contributed by atoms with E-state index in [0.717, 1.165) is 6.07 Å². The third-order valence-electron chi connectivity index (χ3n) is 2.77. The van der Waals surface area contributed by atoms with Gasteiger partial charge in [0.25, 0.3) is 5.91 Å². The predicted octanol–water partition coefficient (Wildman–Crippen LogP) is 1.63. The zero-order valence-corrected chi connectivity index (χ0v) is 10.7. The molecule has 0 spiro atoms. The van der Waals surface area contributed by atoms with E-state index in [4.69, 9.17) is 10.8 Å². The van der Waals surface area contributed by atoms with Crippen LogP contribution in [-0.4, -0.2) is 27.2 Å². The maximum atomic E-state index is 12.0. The Kier molecular flexibility index (Phi) is 3.66. The number of carbonyl (C=O) groups excluding carboxylic acids is 1. The number of carboxylic acid groups (broad SMARTS) is 1. The van der Waals surface area contributed by atoms with Gasteiger partial charge in [-0.1, -0.05) is 0 Å². The fourth-order valence-electron chi connectivity index (χ4n) is 1.71. The maximum absolute atomic E-state index is 12.0. The van der Waals surface area contributed by atoms with Crippen molar-refractivity contribution < 1.29 is 24.9 Å². The molecule has 0 atom stereocenters. The second-order valence-electron chi connectivity index (χ2n) is 4.26. The number of phenolic OH excluding ortho intramolecular Hbond substituents is 2. The molecule has 0 saturated heterocycles. The minimum absolute atomic E-state index is 0.00861. The number of phenols is 2. The number of hydrogen-bond donors (Lipinski definition) is 5. The lowest BCUT2D eigenvalue weighted by molar-refractivity contribution is 0.0696. The molecule has 1 amide bonds. The highest BCUT2D eigenvalue weighted by atomic mass is 16.4. The lowest BCUT2D eigenvalue weighted by Gasteiger charge is -2.10. The molecule has 0 heterocycles. The van der Waals surface area contributed by atoms with Crippen LogP contribution in [0.5, 0.6) is 11.5 Å². The molecule has 2 rings (SSSR count). The van der Waals surface area contributed by atoms with Gasteiger partial charge in [0.05, 0.1) is 22.5 Å². The van der Waals surface area contributed by atoms with Crippen LogP contribution in [-0.2, 0) is 0 Å². The van der Waals surface area contributed by atoms with E-state index in [1.165, 1.54) is 30.3 Å². The molecule has 0 saturated carbocycles. The first-order valence-corrected chi connectivity index (χ1v) is 5.84. The van der Waals surface area contributed by atoms with Crippen molar-refractivity contribution >= 4 is 23.3 Å². The molecule has 0 aliphatic carbocycles.